The maximum absolute atomic E-state index is 9.79. The Morgan fingerprint density at radius 2 is 2.00 bits per heavy atom. The first-order valence-electron chi connectivity index (χ1n) is 6.10. The van der Waals surface area contributed by atoms with Crippen LogP contribution in [0.25, 0.3) is 0 Å². The summed E-state index contributed by atoms with van der Waals surface area (Å²) in [5, 5.41) is 10.5. The maximum atomic E-state index is 9.79. The number of aromatic nitrogens is 1. The monoisotopic (exact) mass is 276 g/mol. The van der Waals surface area contributed by atoms with Crippen LogP contribution in [0.2, 0.25) is 5.02 Å². The zero-order valence-electron chi connectivity index (χ0n) is 10.8. The molecule has 0 aliphatic heterocycles. The van der Waals surface area contributed by atoms with E-state index in [0.29, 0.717) is 5.02 Å². The van der Waals surface area contributed by atoms with Gasteiger partial charge in [-0.1, -0.05) is 36.7 Å². The molecule has 0 saturated carbocycles. The van der Waals surface area contributed by atoms with E-state index in [2.05, 4.69) is 4.98 Å². The first-order chi connectivity index (χ1) is 9.08. The Morgan fingerprint density at radius 1 is 1.32 bits per heavy atom. The molecule has 1 aromatic carbocycles. The highest BCUT2D eigenvalue weighted by atomic mass is 35.5. The molecular formula is C15H17ClN2O. The van der Waals surface area contributed by atoms with Crippen molar-refractivity contribution in [1.29, 1.82) is 0 Å². The highest BCUT2D eigenvalue weighted by Crippen LogP contribution is 2.35. The van der Waals surface area contributed by atoms with Crippen LogP contribution >= 0.6 is 11.6 Å². The highest BCUT2D eigenvalue weighted by molar-refractivity contribution is 6.30. The van der Waals surface area contributed by atoms with Gasteiger partial charge in [0.2, 0.25) is 0 Å². The van der Waals surface area contributed by atoms with Gasteiger partial charge in [0.25, 0.3) is 0 Å². The summed E-state index contributed by atoms with van der Waals surface area (Å²) in [7, 11) is 0. The van der Waals surface area contributed by atoms with Crippen LogP contribution in [-0.2, 0) is 5.41 Å². The lowest BCUT2D eigenvalue weighted by atomic mass is 9.75. The van der Waals surface area contributed by atoms with Gasteiger partial charge < -0.3 is 10.8 Å². The van der Waals surface area contributed by atoms with Crippen LogP contribution in [0, 0.1) is 0 Å². The Morgan fingerprint density at radius 3 is 2.53 bits per heavy atom. The lowest BCUT2D eigenvalue weighted by molar-refractivity contribution is 0.181. The molecule has 2 aromatic rings. The van der Waals surface area contributed by atoms with E-state index in [-0.39, 0.29) is 12.6 Å². The molecule has 0 bridgehead atoms. The van der Waals surface area contributed by atoms with Gasteiger partial charge in [-0.25, -0.2) is 0 Å². The number of hydrogen-bond acceptors (Lipinski definition) is 3. The smallest absolute Gasteiger partial charge is 0.0544 e. The summed E-state index contributed by atoms with van der Waals surface area (Å²) in [6.45, 7) is 1.88. The molecule has 0 saturated heterocycles. The average Bonchev–Trinajstić information content (AvgIpc) is 2.47. The highest BCUT2D eigenvalue weighted by Gasteiger charge is 2.34. The molecule has 0 spiro atoms. The quantitative estimate of drug-likeness (QED) is 0.903. The molecule has 2 rings (SSSR count). The number of nitrogens with two attached hydrogens (primary N) is 1. The van der Waals surface area contributed by atoms with Gasteiger partial charge in [0, 0.05) is 28.9 Å². The van der Waals surface area contributed by atoms with Crippen molar-refractivity contribution in [3.8, 4) is 0 Å². The van der Waals surface area contributed by atoms with Gasteiger partial charge in [0.05, 0.1) is 6.61 Å². The second-order valence-corrected chi connectivity index (χ2v) is 5.28. The number of aliphatic hydroxyl groups is 1. The molecule has 3 N–H and O–H groups in total. The SMILES string of the molecule is CC(CO)(c1cccnc1)C(N)c1ccc(Cl)cc1. The number of benzene rings is 1. The van der Waals surface area contributed by atoms with Gasteiger partial charge >= 0.3 is 0 Å². The van der Waals surface area contributed by atoms with Crippen LogP contribution in [-0.4, -0.2) is 16.7 Å². The molecule has 2 unspecified atom stereocenters. The van der Waals surface area contributed by atoms with Crippen LogP contribution < -0.4 is 5.73 Å². The molecule has 100 valence electrons. The Bertz CT molecular complexity index is 530. The second kappa shape index (κ2) is 5.70. The summed E-state index contributed by atoms with van der Waals surface area (Å²) in [5.41, 5.74) is 7.61. The van der Waals surface area contributed by atoms with Crippen LogP contribution in [0.3, 0.4) is 0 Å². The van der Waals surface area contributed by atoms with E-state index in [1.807, 2.05) is 31.2 Å². The lowest BCUT2D eigenvalue weighted by Gasteiger charge is -2.34. The van der Waals surface area contributed by atoms with E-state index in [1.165, 1.54) is 0 Å². The Hall–Kier alpha value is -1.42. The van der Waals surface area contributed by atoms with E-state index in [1.54, 1.807) is 24.5 Å². The van der Waals surface area contributed by atoms with Gasteiger partial charge in [-0.05, 0) is 29.3 Å². The summed E-state index contributed by atoms with van der Waals surface area (Å²) in [6.07, 6.45) is 3.45. The van der Waals surface area contributed by atoms with Gasteiger partial charge in [-0.15, -0.1) is 0 Å². The van der Waals surface area contributed by atoms with Crippen molar-refractivity contribution >= 4 is 11.6 Å². The normalized spacial score (nSPS) is 15.8. The van der Waals surface area contributed by atoms with Crippen LogP contribution in [0.1, 0.15) is 24.1 Å². The molecular weight excluding hydrogens is 260 g/mol. The molecule has 0 radical (unpaired) electrons. The maximum Gasteiger partial charge on any atom is 0.0544 e. The van der Waals surface area contributed by atoms with Crippen molar-refractivity contribution in [2.75, 3.05) is 6.61 Å². The standard InChI is InChI=1S/C15H17ClN2O/c1-15(10-19,12-3-2-8-18-9-12)14(17)11-4-6-13(16)7-5-11/h2-9,14,19H,10,17H2,1H3. The van der Waals surface area contributed by atoms with E-state index >= 15 is 0 Å². The van der Waals surface area contributed by atoms with Gasteiger partial charge in [-0.2, -0.15) is 0 Å². The number of nitrogens with zero attached hydrogens (tertiary/aromatic N) is 1. The molecule has 2 atom stereocenters. The number of aliphatic hydroxyl groups excluding tert-OH is 1. The van der Waals surface area contributed by atoms with E-state index < -0.39 is 5.41 Å². The van der Waals surface area contributed by atoms with Crippen molar-refractivity contribution < 1.29 is 5.11 Å². The third kappa shape index (κ3) is 2.78. The minimum absolute atomic E-state index is 0.0531. The molecule has 0 aliphatic rings. The first-order valence-corrected chi connectivity index (χ1v) is 6.48. The van der Waals surface area contributed by atoms with Gasteiger partial charge in [0.1, 0.15) is 0 Å². The summed E-state index contributed by atoms with van der Waals surface area (Å²) >= 11 is 5.88. The number of rotatable bonds is 4. The fourth-order valence-electron chi connectivity index (χ4n) is 2.11. The number of hydrogen-bond donors (Lipinski definition) is 2. The summed E-state index contributed by atoms with van der Waals surface area (Å²) < 4.78 is 0. The van der Waals surface area contributed by atoms with E-state index in [0.717, 1.165) is 11.1 Å². The molecule has 0 aliphatic carbocycles. The molecule has 0 amide bonds. The Kier molecular flexibility index (Phi) is 4.20. The minimum Gasteiger partial charge on any atom is -0.395 e. The lowest BCUT2D eigenvalue weighted by Crippen LogP contribution is -2.39. The van der Waals surface area contributed by atoms with Crippen molar-refractivity contribution in [1.82, 2.24) is 4.98 Å². The van der Waals surface area contributed by atoms with Crippen molar-refractivity contribution in [2.24, 2.45) is 5.73 Å². The number of halogens is 1. The van der Waals surface area contributed by atoms with Crippen molar-refractivity contribution in [2.45, 2.75) is 18.4 Å². The molecule has 4 heteroatoms. The Balaban J connectivity index is 2.38. The summed E-state index contributed by atoms with van der Waals surface area (Å²) in [4.78, 5) is 4.10. The minimum atomic E-state index is -0.581. The molecule has 3 nitrogen and oxygen atoms in total. The molecule has 0 fully saturated rings. The molecule has 1 heterocycles. The van der Waals surface area contributed by atoms with Crippen molar-refractivity contribution in [3.63, 3.8) is 0 Å². The third-order valence-corrected chi connectivity index (χ3v) is 3.82. The third-order valence-electron chi connectivity index (χ3n) is 3.57. The summed E-state index contributed by atoms with van der Waals surface area (Å²) in [5.74, 6) is 0. The Labute approximate surface area is 118 Å². The fraction of sp³-hybridized carbons (Fsp3) is 0.267. The fourth-order valence-corrected chi connectivity index (χ4v) is 2.23. The number of pyridine rings is 1. The van der Waals surface area contributed by atoms with E-state index in [9.17, 15) is 5.11 Å². The second-order valence-electron chi connectivity index (χ2n) is 4.85. The summed E-state index contributed by atoms with van der Waals surface area (Å²) in [6, 6.07) is 10.8. The van der Waals surface area contributed by atoms with E-state index in [4.69, 9.17) is 17.3 Å². The van der Waals surface area contributed by atoms with Gasteiger partial charge in [0.15, 0.2) is 0 Å². The molecule has 19 heavy (non-hydrogen) atoms. The first kappa shape index (κ1) is 14.0. The van der Waals surface area contributed by atoms with Crippen LogP contribution in [0.4, 0.5) is 0 Å². The largest absolute Gasteiger partial charge is 0.395 e. The zero-order chi connectivity index (χ0) is 13.9. The predicted molar refractivity (Wildman–Crippen MR) is 77.1 cm³/mol. The average molecular weight is 277 g/mol. The van der Waals surface area contributed by atoms with Crippen molar-refractivity contribution in [3.05, 3.63) is 64.9 Å². The van der Waals surface area contributed by atoms with Crippen LogP contribution in [0.5, 0.6) is 0 Å². The zero-order valence-corrected chi connectivity index (χ0v) is 11.5. The molecule has 1 aromatic heterocycles. The van der Waals surface area contributed by atoms with Crippen LogP contribution in [0.15, 0.2) is 48.8 Å². The predicted octanol–water partition coefficient (Wildman–Crippen LogP) is 2.69. The topological polar surface area (TPSA) is 59.1 Å². The van der Waals surface area contributed by atoms with Gasteiger partial charge in [-0.3, -0.25) is 4.98 Å².